The van der Waals surface area contributed by atoms with Crippen LogP contribution in [0.3, 0.4) is 0 Å². The maximum Gasteiger partial charge on any atom is 0.141 e. The van der Waals surface area contributed by atoms with E-state index in [2.05, 4.69) is 16.7 Å². The fraction of sp³-hybridized carbons (Fsp3) is 0.227. The summed E-state index contributed by atoms with van der Waals surface area (Å²) in [4.78, 5) is 16.8. The highest BCUT2D eigenvalue weighted by Crippen LogP contribution is 2.24. The quantitative estimate of drug-likeness (QED) is 0.604. The van der Waals surface area contributed by atoms with E-state index in [1.54, 1.807) is 18.5 Å². The second-order valence-electron chi connectivity index (χ2n) is 6.53. The minimum atomic E-state index is 0.0975. The zero-order valence-corrected chi connectivity index (χ0v) is 15.1. The highest BCUT2D eigenvalue weighted by molar-refractivity contribution is 5.81. The van der Waals surface area contributed by atoms with Crippen LogP contribution in [0.25, 0.3) is 17.2 Å². The van der Waals surface area contributed by atoms with Crippen molar-refractivity contribution in [1.29, 1.82) is 0 Å². The molecular weight excluding hydrogens is 324 g/mol. The second-order valence-corrected chi connectivity index (χ2v) is 6.53. The van der Waals surface area contributed by atoms with Crippen LogP contribution in [0.1, 0.15) is 41.8 Å². The molecule has 0 fully saturated rings. The molecule has 0 saturated carbocycles. The van der Waals surface area contributed by atoms with Crippen LogP contribution in [-0.4, -0.2) is 15.9 Å². The number of hydrogen-bond acceptors (Lipinski definition) is 4. The molecule has 4 nitrogen and oxygen atoms in total. The smallest absolute Gasteiger partial charge is 0.141 e. The number of carbonyl (C=O) groups excluding carboxylic acids is 1. The van der Waals surface area contributed by atoms with Crippen LogP contribution in [0.15, 0.2) is 59.9 Å². The summed E-state index contributed by atoms with van der Waals surface area (Å²) >= 11 is 0. The molecule has 0 N–H and O–H groups in total. The van der Waals surface area contributed by atoms with E-state index in [0.717, 1.165) is 33.7 Å². The number of benzene rings is 1. The van der Waals surface area contributed by atoms with Gasteiger partial charge in [-0.2, -0.15) is 0 Å². The van der Waals surface area contributed by atoms with Crippen LogP contribution < -0.4 is 0 Å². The number of pyridine rings is 1. The largest absolute Gasteiger partial charge is 0.361 e. The van der Waals surface area contributed by atoms with Gasteiger partial charge in [-0.1, -0.05) is 55.1 Å². The van der Waals surface area contributed by atoms with E-state index < -0.39 is 0 Å². The van der Waals surface area contributed by atoms with Crippen molar-refractivity contribution >= 4 is 11.9 Å². The van der Waals surface area contributed by atoms with E-state index in [0.29, 0.717) is 12.8 Å². The molecule has 0 saturated heterocycles. The topological polar surface area (TPSA) is 56.0 Å². The summed E-state index contributed by atoms with van der Waals surface area (Å²) in [5, 5.41) is 3.80. The van der Waals surface area contributed by atoms with E-state index in [9.17, 15) is 4.79 Å². The number of ketones is 1. The number of carbonyl (C=O) groups is 1. The van der Waals surface area contributed by atoms with Crippen LogP contribution in [0.4, 0.5) is 0 Å². The van der Waals surface area contributed by atoms with Crippen molar-refractivity contribution < 1.29 is 9.32 Å². The first kappa shape index (κ1) is 17.8. The normalized spacial score (nSPS) is 11.9. The molecule has 132 valence electrons. The van der Waals surface area contributed by atoms with E-state index in [1.165, 1.54) is 0 Å². The van der Waals surface area contributed by atoms with E-state index in [-0.39, 0.29) is 11.7 Å². The van der Waals surface area contributed by atoms with Gasteiger partial charge in [0.2, 0.25) is 0 Å². The molecule has 0 aliphatic carbocycles. The minimum Gasteiger partial charge on any atom is -0.361 e. The summed E-state index contributed by atoms with van der Waals surface area (Å²) in [5.41, 5.74) is 4.94. The van der Waals surface area contributed by atoms with Gasteiger partial charge in [-0.15, -0.1) is 0 Å². The standard InChI is InChI=1S/C22H22N2O2/c1-4-17-7-10-22(23-13-17)15(2)11-20(25)12-18-5-8-19(9-6-18)21-14-24-26-16(21)3/h4-10,13-15H,1,11-12H2,2-3H3/t15-/m0/s1. The maximum absolute atomic E-state index is 12.4. The van der Waals surface area contributed by atoms with Crippen molar-refractivity contribution in [3.8, 4) is 11.1 Å². The van der Waals surface area contributed by atoms with Crippen molar-refractivity contribution in [3.63, 3.8) is 0 Å². The number of hydrogen-bond donors (Lipinski definition) is 0. The molecule has 1 aromatic carbocycles. The summed E-state index contributed by atoms with van der Waals surface area (Å²) in [7, 11) is 0. The highest BCUT2D eigenvalue weighted by atomic mass is 16.5. The van der Waals surface area contributed by atoms with Gasteiger partial charge in [0.1, 0.15) is 11.5 Å². The molecule has 0 unspecified atom stereocenters. The lowest BCUT2D eigenvalue weighted by atomic mass is 9.96. The minimum absolute atomic E-state index is 0.0975. The van der Waals surface area contributed by atoms with E-state index >= 15 is 0 Å². The Balaban J connectivity index is 1.60. The molecule has 4 heteroatoms. The van der Waals surface area contributed by atoms with Gasteiger partial charge in [0.15, 0.2) is 0 Å². The molecular formula is C22H22N2O2. The molecule has 0 aliphatic rings. The van der Waals surface area contributed by atoms with Gasteiger partial charge in [-0.3, -0.25) is 9.78 Å². The Morgan fingerprint density at radius 2 is 1.96 bits per heavy atom. The van der Waals surface area contributed by atoms with Gasteiger partial charge in [0.25, 0.3) is 0 Å². The van der Waals surface area contributed by atoms with Crippen LogP contribution in [0.5, 0.6) is 0 Å². The van der Waals surface area contributed by atoms with Gasteiger partial charge in [0, 0.05) is 36.2 Å². The zero-order valence-electron chi connectivity index (χ0n) is 15.1. The lowest BCUT2D eigenvalue weighted by Crippen LogP contribution is -2.08. The number of aryl methyl sites for hydroxylation is 1. The van der Waals surface area contributed by atoms with E-state index in [1.807, 2.05) is 50.2 Å². The number of rotatable bonds is 7. The van der Waals surface area contributed by atoms with Crippen LogP contribution in [0.2, 0.25) is 0 Å². The van der Waals surface area contributed by atoms with Crippen molar-refractivity contribution in [1.82, 2.24) is 10.1 Å². The van der Waals surface area contributed by atoms with Crippen molar-refractivity contribution in [3.05, 3.63) is 78.0 Å². The second kappa shape index (κ2) is 7.91. The lowest BCUT2D eigenvalue weighted by Gasteiger charge is -2.10. The van der Waals surface area contributed by atoms with Gasteiger partial charge < -0.3 is 4.52 Å². The van der Waals surface area contributed by atoms with Gasteiger partial charge in [-0.25, -0.2) is 0 Å². The first-order chi connectivity index (χ1) is 12.6. The Morgan fingerprint density at radius 1 is 1.19 bits per heavy atom. The summed E-state index contributed by atoms with van der Waals surface area (Å²) in [6.45, 7) is 7.64. The predicted octanol–water partition coefficient (Wildman–Crippen LogP) is 4.99. The zero-order chi connectivity index (χ0) is 18.5. The fourth-order valence-corrected chi connectivity index (χ4v) is 2.95. The van der Waals surface area contributed by atoms with E-state index in [4.69, 9.17) is 4.52 Å². The fourth-order valence-electron chi connectivity index (χ4n) is 2.95. The maximum atomic E-state index is 12.4. The predicted molar refractivity (Wildman–Crippen MR) is 103 cm³/mol. The Hall–Kier alpha value is -3.01. The summed E-state index contributed by atoms with van der Waals surface area (Å²) in [6.07, 6.45) is 6.17. The summed E-state index contributed by atoms with van der Waals surface area (Å²) in [5.74, 6) is 1.10. The molecule has 26 heavy (non-hydrogen) atoms. The average Bonchev–Trinajstić information content (AvgIpc) is 3.08. The van der Waals surface area contributed by atoms with Gasteiger partial charge in [0.05, 0.1) is 6.20 Å². The lowest BCUT2D eigenvalue weighted by molar-refractivity contribution is -0.118. The molecule has 2 aromatic heterocycles. The average molecular weight is 346 g/mol. The molecule has 0 spiro atoms. The van der Waals surface area contributed by atoms with Crippen molar-refractivity contribution in [2.45, 2.75) is 32.6 Å². The van der Waals surface area contributed by atoms with Crippen molar-refractivity contribution in [2.75, 3.05) is 0 Å². The Labute approximate surface area is 153 Å². The first-order valence-corrected chi connectivity index (χ1v) is 8.67. The Kier molecular flexibility index (Phi) is 5.42. The Morgan fingerprint density at radius 3 is 2.54 bits per heavy atom. The van der Waals surface area contributed by atoms with Crippen LogP contribution in [0, 0.1) is 6.92 Å². The molecule has 3 rings (SSSR count). The molecule has 1 atom stereocenters. The highest BCUT2D eigenvalue weighted by Gasteiger charge is 2.13. The molecule has 3 aromatic rings. The molecule has 0 bridgehead atoms. The number of Topliss-reactive ketones (excluding diaryl/α,β-unsaturated/α-hetero) is 1. The number of nitrogens with zero attached hydrogens (tertiary/aromatic N) is 2. The van der Waals surface area contributed by atoms with Crippen LogP contribution in [-0.2, 0) is 11.2 Å². The monoisotopic (exact) mass is 346 g/mol. The van der Waals surface area contributed by atoms with Gasteiger partial charge >= 0.3 is 0 Å². The first-order valence-electron chi connectivity index (χ1n) is 8.67. The molecule has 0 radical (unpaired) electrons. The molecule has 2 heterocycles. The van der Waals surface area contributed by atoms with Crippen LogP contribution >= 0.6 is 0 Å². The third-order valence-electron chi connectivity index (χ3n) is 4.50. The molecule has 0 aliphatic heterocycles. The summed E-state index contributed by atoms with van der Waals surface area (Å²) < 4.78 is 5.10. The SMILES string of the molecule is C=Cc1ccc([C@@H](C)CC(=O)Cc2ccc(-c3cnoc3C)cc2)nc1. The Bertz CT molecular complexity index is 893. The van der Waals surface area contributed by atoms with Crippen molar-refractivity contribution in [2.24, 2.45) is 0 Å². The number of aromatic nitrogens is 2. The molecule has 0 amide bonds. The third-order valence-corrected chi connectivity index (χ3v) is 4.50. The van der Waals surface area contributed by atoms with Gasteiger partial charge in [-0.05, 0) is 29.7 Å². The summed E-state index contributed by atoms with van der Waals surface area (Å²) in [6, 6.07) is 11.9. The third kappa shape index (κ3) is 4.14.